The van der Waals surface area contributed by atoms with E-state index < -0.39 is 40.4 Å². The van der Waals surface area contributed by atoms with Gasteiger partial charge in [-0.3, -0.25) is 29.4 Å². The molecule has 0 radical (unpaired) electrons. The smallest absolute Gasteiger partial charge is 0.282 e. The number of benzene rings is 3. The number of amides is 3. The molecule has 1 saturated heterocycles. The summed E-state index contributed by atoms with van der Waals surface area (Å²) in [6.45, 7) is 1.81. The Kier molecular flexibility index (Phi) is 4.77. The highest BCUT2D eigenvalue weighted by Gasteiger charge is 2.58. The highest BCUT2D eigenvalue weighted by atomic mass is 35.5. The van der Waals surface area contributed by atoms with E-state index in [0.29, 0.717) is 33.3 Å². The summed E-state index contributed by atoms with van der Waals surface area (Å²) in [5, 5.41) is 12.0. The van der Waals surface area contributed by atoms with Crippen LogP contribution in [0.3, 0.4) is 0 Å². The molecule has 0 unspecified atom stereocenters. The van der Waals surface area contributed by atoms with Gasteiger partial charge in [0.15, 0.2) is 11.5 Å². The maximum Gasteiger partial charge on any atom is 0.282 e. The Labute approximate surface area is 208 Å². The highest BCUT2D eigenvalue weighted by Crippen LogP contribution is 2.48. The summed E-state index contributed by atoms with van der Waals surface area (Å²) in [6, 6.07) is 12.1. The molecule has 2 atom stereocenters. The Morgan fingerprint density at radius 1 is 0.944 bits per heavy atom. The van der Waals surface area contributed by atoms with E-state index >= 15 is 0 Å². The number of nitro groups is 1. The number of rotatable bonds is 4. The lowest BCUT2D eigenvalue weighted by molar-refractivity contribution is -0.385. The number of halogens is 1. The van der Waals surface area contributed by atoms with E-state index in [9.17, 15) is 24.5 Å². The zero-order valence-corrected chi connectivity index (χ0v) is 19.4. The average molecular weight is 506 g/mol. The summed E-state index contributed by atoms with van der Waals surface area (Å²) in [5.41, 5.74) is 0.853. The van der Waals surface area contributed by atoms with Gasteiger partial charge in [0.05, 0.1) is 16.5 Å². The number of ether oxygens (including phenoxy) is 2. The minimum Gasteiger partial charge on any atom is -0.454 e. The number of hydrogen-bond donors (Lipinski definition) is 0. The minimum atomic E-state index is -1.23. The molecule has 3 aliphatic heterocycles. The van der Waals surface area contributed by atoms with E-state index in [1.54, 1.807) is 43.3 Å². The van der Waals surface area contributed by atoms with Gasteiger partial charge in [-0.1, -0.05) is 29.8 Å². The largest absolute Gasteiger partial charge is 0.454 e. The Balaban J connectivity index is 1.48. The fourth-order valence-corrected chi connectivity index (χ4v) is 5.14. The van der Waals surface area contributed by atoms with E-state index in [1.807, 2.05) is 0 Å². The van der Waals surface area contributed by atoms with E-state index in [2.05, 4.69) is 0 Å². The topological polar surface area (TPSA) is 119 Å². The molecule has 3 aromatic carbocycles. The standard InChI is InChI=1S/C25H16ClN3O7/c1-12-15(26)5-3-6-16(12)27-21(13-8-9-18-19(10-13)36-11-35-18)22(25(27)32)28-23(30)14-4-2-7-17(29(33)34)20(14)24(28)31/h2-10,21-22H,11H2,1H3/t21-,22-/m0/s1. The summed E-state index contributed by atoms with van der Waals surface area (Å²) in [5.74, 6) is -1.16. The second kappa shape index (κ2) is 7.79. The van der Waals surface area contributed by atoms with Gasteiger partial charge in [-0.2, -0.15) is 0 Å². The molecule has 0 N–H and O–H groups in total. The van der Waals surface area contributed by atoms with Crippen molar-refractivity contribution in [1.29, 1.82) is 0 Å². The molecular weight excluding hydrogens is 490 g/mol. The summed E-state index contributed by atoms with van der Waals surface area (Å²) in [4.78, 5) is 53.5. The van der Waals surface area contributed by atoms with Crippen LogP contribution >= 0.6 is 11.6 Å². The zero-order chi connectivity index (χ0) is 25.3. The second-order valence-corrected chi connectivity index (χ2v) is 8.94. The number of carbonyl (C=O) groups is 3. The number of β-lactam (4-membered cyclic amide) rings is 1. The van der Waals surface area contributed by atoms with Crippen molar-refractivity contribution in [1.82, 2.24) is 4.90 Å². The van der Waals surface area contributed by atoms with E-state index in [-0.39, 0.29) is 17.9 Å². The quantitative estimate of drug-likeness (QED) is 0.227. The number of nitrogens with zero attached hydrogens (tertiary/aromatic N) is 3. The van der Waals surface area contributed by atoms with Crippen LogP contribution in [0.5, 0.6) is 11.5 Å². The summed E-state index contributed by atoms with van der Waals surface area (Å²) in [7, 11) is 0. The molecule has 0 aromatic heterocycles. The molecule has 10 nitrogen and oxygen atoms in total. The fraction of sp³-hybridized carbons (Fsp3) is 0.160. The SMILES string of the molecule is Cc1c(Cl)cccc1N1C(=O)[C@@H](N2C(=O)c3cccc([N+](=O)[O-])c3C2=O)[C@@H]1c1ccc2c(c1)OCO2. The van der Waals surface area contributed by atoms with Crippen molar-refractivity contribution in [2.75, 3.05) is 11.7 Å². The van der Waals surface area contributed by atoms with E-state index in [1.165, 1.54) is 17.0 Å². The third-order valence-corrected chi connectivity index (χ3v) is 7.11. The summed E-state index contributed by atoms with van der Waals surface area (Å²) in [6.07, 6.45) is 0. The molecule has 11 heteroatoms. The first-order valence-corrected chi connectivity index (χ1v) is 11.3. The maximum atomic E-state index is 13.6. The predicted octanol–water partition coefficient (Wildman–Crippen LogP) is 4.04. The second-order valence-electron chi connectivity index (χ2n) is 8.53. The van der Waals surface area contributed by atoms with Crippen LogP contribution in [-0.4, -0.2) is 40.4 Å². The van der Waals surface area contributed by atoms with Crippen molar-refractivity contribution in [3.8, 4) is 11.5 Å². The van der Waals surface area contributed by atoms with E-state index in [4.69, 9.17) is 21.1 Å². The number of fused-ring (bicyclic) bond motifs is 2. The Hall–Kier alpha value is -4.44. The molecule has 3 aromatic rings. The molecule has 0 aliphatic carbocycles. The number of anilines is 1. The number of carbonyl (C=O) groups excluding carboxylic acids is 3. The monoisotopic (exact) mass is 505 g/mol. The van der Waals surface area contributed by atoms with Crippen LogP contribution in [0.15, 0.2) is 54.6 Å². The summed E-state index contributed by atoms with van der Waals surface area (Å²) < 4.78 is 10.9. The van der Waals surface area contributed by atoms with Crippen LogP contribution in [0.25, 0.3) is 0 Å². The predicted molar refractivity (Wildman–Crippen MR) is 126 cm³/mol. The van der Waals surface area contributed by atoms with E-state index in [0.717, 1.165) is 11.0 Å². The first kappa shape index (κ1) is 22.1. The Morgan fingerprint density at radius 2 is 1.69 bits per heavy atom. The first-order valence-electron chi connectivity index (χ1n) is 10.9. The molecule has 0 spiro atoms. The van der Waals surface area contributed by atoms with Crippen molar-refractivity contribution in [2.24, 2.45) is 0 Å². The highest BCUT2D eigenvalue weighted by molar-refractivity contribution is 6.32. The number of hydrogen-bond acceptors (Lipinski definition) is 7. The van der Waals surface area contributed by atoms with Gasteiger partial charge in [0.2, 0.25) is 6.79 Å². The maximum absolute atomic E-state index is 13.6. The zero-order valence-electron chi connectivity index (χ0n) is 18.6. The third-order valence-electron chi connectivity index (χ3n) is 6.70. The van der Waals surface area contributed by atoms with Crippen molar-refractivity contribution < 1.29 is 28.8 Å². The number of imide groups is 1. The Bertz CT molecular complexity index is 1520. The van der Waals surface area contributed by atoms with Gasteiger partial charge in [0.1, 0.15) is 11.6 Å². The van der Waals surface area contributed by atoms with Gasteiger partial charge in [-0.05, 0) is 48.4 Å². The minimum absolute atomic E-state index is 0.0466. The average Bonchev–Trinajstić information content (AvgIpc) is 3.43. The normalized spacial score (nSPS) is 20.0. The molecular formula is C25H16ClN3O7. The van der Waals surface area contributed by atoms with Crippen LogP contribution in [-0.2, 0) is 4.79 Å². The van der Waals surface area contributed by atoms with Gasteiger partial charge in [-0.25, -0.2) is 0 Å². The van der Waals surface area contributed by atoms with Crippen LogP contribution in [0.2, 0.25) is 5.02 Å². The third kappa shape index (κ3) is 2.94. The molecule has 3 aliphatic rings. The lowest BCUT2D eigenvalue weighted by Gasteiger charge is -2.50. The molecule has 180 valence electrons. The van der Waals surface area contributed by atoms with Crippen LogP contribution < -0.4 is 14.4 Å². The summed E-state index contributed by atoms with van der Waals surface area (Å²) >= 11 is 6.32. The molecule has 0 bridgehead atoms. The lowest BCUT2D eigenvalue weighted by Crippen LogP contribution is -2.67. The lowest BCUT2D eigenvalue weighted by atomic mass is 9.85. The fourth-order valence-electron chi connectivity index (χ4n) is 4.97. The van der Waals surface area contributed by atoms with Crippen molar-refractivity contribution >= 4 is 40.7 Å². The molecule has 3 amide bonds. The first-order chi connectivity index (χ1) is 17.3. The molecule has 1 fully saturated rings. The van der Waals surface area contributed by atoms with Crippen LogP contribution in [0.4, 0.5) is 11.4 Å². The van der Waals surface area contributed by atoms with Crippen molar-refractivity contribution in [2.45, 2.75) is 19.0 Å². The van der Waals surface area contributed by atoms with Crippen LogP contribution in [0, 0.1) is 17.0 Å². The van der Waals surface area contributed by atoms with Gasteiger partial charge < -0.3 is 14.4 Å². The number of nitro benzene ring substituents is 1. The molecule has 3 heterocycles. The van der Waals surface area contributed by atoms with Crippen molar-refractivity contribution in [3.63, 3.8) is 0 Å². The van der Waals surface area contributed by atoms with Gasteiger partial charge in [0, 0.05) is 16.8 Å². The Morgan fingerprint density at radius 3 is 2.47 bits per heavy atom. The van der Waals surface area contributed by atoms with Crippen LogP contribution in [0.1, 0.15) is 37.9 Å². The van der Waals surface area contributed by atoms with Gasteiger partial charge in [-0.15, -0.1) is 0 Å². The van der Waals surface area contributed by atoms with Gasteiger partial charge in [0.25, 0.3) is 23.4 Å². The molecule has 36 heavy (non-hydrogen) atoms. The van der Waals surface area contributed by atoms with Crippen molar-refractivity contribution in [3.05, 3.63) is 92.0 Å². The van der Waals surface area contributed by atoms with Gasteiger partial charge >= 0.3 is 0 Å². The molecule has 0 saturated carbocycles. The molecule has 6 rings (SSSR count).